The number of pyridine rings is 1. The lowest BCUT2D eigenvalue weighted by atomic mass is 10.1. The van der Waals surface area contributed by atoms with Crippen molar-refractivity contribution >= 4 is 11.3 Å². The van der Waals surface area contributed by atoms with Gasteiger partial charge in [-0.2, -0.15) is 0 Å². The molecule has 1 unspecified atom stereocenters. The van der Waals surface area contributed by atoms with Crippen molar-refractivity contribution in [3.8, 4) is 22.8 Å². The molecule has 7 heteroatoms. The second kappa shape index (κ2) is 7.75. The average Bonchev–Trinajstić information content (AvgIpc) is 2.73. The Bertz CT molecular complexity index is 1110. The van der Waals surface area contributed by atoms with Gasteiger partial charge in [-0.05, 0) is 43.7 Å². The van der Waals surface area contributed by atoms with Gasteiger partial charge < -0.3 is 19.7 Å². The summed E-state index contributed by atoms with van der Waals surface area (Å²) in [5.41, 5.74) is 3.99. The topological polar surface area (TPSA) is 68.1 Å². The maximum absolute atomic E-state index is 12.9. The monoisotopic (exact) mass is 394 g/mol. The lowest BCUT2D eigenvalue weighted by molar-refractivity contribution is 0.355. The van der Waals surface area contributed by atoms with E-state index in [1.807, 2.05) is 31.3 Å². The van der Waals surface area contributed by atoms with Crippen LogP contribution < -0.4 is 25.2 Å². The van der Waals surface area contributed by atoms with E-state index in [0.29, 0.717) is 28.9 Å². The number of rotatable bonds is 4. The van der Waals surface area contributed by atoms with E-state index in [1.165, 1.54) is 0 Å². The van der Waals surface area contributed by atoms with Crippen molar-refractivity contribution < 1.29 is 9.47 Å². The van der Waals surface area contributed by atoms with Crippen molar-refractivity contribution in [3.63, 3.8) is 0 Å². The minimum atomic E-state index is -0.104. The van der Waals surface area contributed by atoms with E-state index in [4.69, 9.17) is 14.5 Å². The minimum absolute atomic E-state index is 0.104. The Morgan fingerprint density at radius 3 is 2.66 bits per heavy atom. The van der Waals surface area contributed by atoms with Crippen LogP contribution in [-0.4, -0.2) is 49.3 Å². The molecule has 2 aromatic heterocycles. The predicted octanol–water partition coefficient (Wildman–Crippen LogP) is 2.49. The molecule has 0 amide bonds. The number of hydrogen-bond donors (Lipinski definition) is 1. The summed E-state index contributed by atoms with van der Waals surface area (Å²) in [6.07, 6.45) is 1.90. The van der Waals surface area contributed by atoms with Crippen molar-refractivity contribution in [1.82, 2.24) is 14.7 Å². The lowest BCUT2D eigenvalue weighted by Gasteiger charge is -2.33. The van der Waals surface area contributed by atoms with Crippen molar-refractivity contribution in [2.75, 3.05) is 38.8 Å². The number of anilines is 1. The molecule has 1 aliphatic rings. The molecule has 1 atom stereocenters. The molecule has 4 rings (SSSR count). The van der Waals surface area contributed by atoms with Gasteiger partial charge in [-0.15, -0.1) is 0 Å². The first kappa shape index (κ1) is 19.3. The molecule has 3 heterocycles. The van der Waals surface area contributed by atoms with E-state index in [0.717, 1.165) is 36.4 Å². The molecule has 1 saturated heterocycles. The summed E-state index contributed by atoms with van der Waals surface area (Å²) < 4.78 is 12.3. The second-order valence-corrected chi connectivity index (χ2v) is 7.43. The zero-order valence-electron chi connectivity index (χ0n) is 17.2. The maximum atomic E-state index is 12.9. The largest absolute Gasteiger partial charge is 0.493 e. The zero-order chi connectivity index (χ0) is 20.5. The highest BCUT2D eigenvalue weighted by atomic mass is 16.5. The summed E-state index contributed by atoms with van der Waals surface area (Å²) in [4.78, 5) is 20.0. The van der Waals surface area contributed by atoms with Gasteiger partial charge in [-0.3, -0.25) is 9.20 Å². The van der Waals surface area contributed by atoms with Crippen LogP contribution in [0.15, 0.2) is 41.3 Å². The average molecular weight is 394 g/mol. The third-order valence-corrected chi connectivity index (χ3v) is 5.34. The Hall–Kier alpha value is -3.06. The van der Waals surface area contributed by atoms with Crippen LogP contribution in [0, 0.1) is 6.92 Å². The molecule has 0 spiro atoms. The van der Waals surface area contributed by atoms with E-state index in [1.54, 1.807) is 24.7 Å². The lowest BCUT2D eigenvalue weighted by Crippen LogP contribution is -2.49. The highest BCUT2D eigenvalue weighted by Gasteiger charge is 2.18. The standard InChI is InChI=1S/C22H26N4O3/c1-14-9-17(25-8-7-23-15(2)12-25)13-26-21(27)11-18(24-22(14)26)16-5-6-19(28-3)20(10-16)29-4/h5-6,9-11,13,15,23H,7-8,12H2,1-4H3. The third-order valence-electron chi connectivity index (χ3n) is 5.34. The van der Waals surface area contributed by atoms with Crippen LogP contribution >= 0.6 is 0 Å². The van der Waals surface area contributed by atoms with Gasteiger partial charge in [-0.25, -0.2) is 4.98 Å². The first-order valence-electron chi connectivity index (χ1n) is 9.75. The van der Waals surface area contributed by atoms with Gasteiger partial charge >= 0.3 is 0 Å². The number of fused-ring (bicyclic) bond motifs is 1. The van der Waals surface area contributed by atoms with Crippen LogP contribution in [0.4, 0.5) is 5.69 Å². The Morgan fingerprint density at radius 1 is 1.14 bits per heavy atom. The molecule has 7 nitrogen and oxygen atoms in total. The van der Waals surface area contributed by atoms with E-state index < -0.39 is 0 Å². The number of aromatic nitrogens is 2. The number of nitrogens with one attached hydrogen (secondary N) is 1. The molecular formula is C22H26N4O3. The summed E-state index contributed by atoms with van der Waals surface area (Å²) in [6.45, 7) is 6.93. The quantitative estimate of drug-likeness (QED) is 0.733. The molecule has 1 aliphatic heterocycles. The Labute approximate surface area is 169 Å². The van der Waals surface area contributed by atoms with E-state index >= 15 is 0 Å². The summed E-state index contributed by atoms with van der Waals surface area (Å²) >= 11 is 0. The van der Waals surface area contributed by atoms with Crippen molar-refractivity contribution in [2.24, 2.45) is 0 Å². The molecule has 0 saturated carbocycles. The maximum Gasteiger partial charge on any atom is 0.258 e. The minimum Gasteiger partial charge on any atom is -0.493 e. The van der Waals surface area contributed by atoms with Crippen molar-refractivity contribution in [2.45, 2.75) is 19.9 Å². The number of nitrogens with zero attached hydrogens (tertiary/aromatic N) is 3. The second-order valence-electron chi connectivity index (χ2n) is 7.43. The van der Waals surface area contributed by atoms with Gasteiger partial charge in [0.2, 0.25) is 0 Å². The summed E-state index contributed by atoms with van der Waals surface area (Å²) in [5.74, 6) is 1.24. The van der Waals surface area contributed by atoms with Gasteiger partial charge in [-0.1, -0.05) is 0 Å². The predicted molar refractivity (Wildman–Crippen MR) is 114 cm³/mol. The number of hydrogen-bond acceptors (Lipinski definition) is 6. The zero-order valence-corrected chi connectivity index (χ0v) is 17.2. The molecule has 1 fully saturated rings. The van der Waals surface area contributed by atoms with Crippen molar-refractivity contribution in [3.05, 3.63) is 52.4 Å². The van der Waals surface area contributed by atoms with Crippen LogP contribution in [0.25, 0.3) is 16.9 Å². The number of piperazine rings is 1. The van der Waals surface area contributed by atoms with Crippen LogP contribution in [0.2, 0.25) is 0 Å². The van der Waals surface area contributed by atoms with Crippen LogP contribution in [0.5, 0.6) is 11.5 Å². The van der Waals surface area contributed by atoms with E-state index in [-0.39, 0.29) is 5.56 Å². The molecule has 152 valence electrons. The third kappa shape index (κ3) is 3.65. The Kier molecular flexibility index (Phi) is 5.15. The van der Waals surface area contributed by atoms with Crippen LogP contribution in [0.1, 0.15) is 12.5 Å². The highest BCUT2D eigenvalue weighted by molar-refractivity contribution is 5.67. The normalized spacial score (nSPS) is 16.8. The molecule has 3 aromatic rings. The molecule has 0 aliphatic carbocycles. The van der Waals surface area contributed by atoms with Gasteiger partial charge in [0.1, 0.15) is 5.65 Å². The first-order valence-corrected chi connectivity index (χ1v) is 9.75. The van der Waals surface area contributed by atoms with E-state index in [9.17, 15) is 4.79 Å². The SMILES string of the molecule is COc1ccc(-c2cc(=O)n3cc(N4CCNC(C)C4)cc(C)c3n2)cc1OC. The fourth-order valence-corrected chi connectivity index (χ4v) is 3.83. The van der Waals surface area contributed by atoms with Gasteiger partial charge in [0.25, 0.3) is 5.56 Å². The molecule has 0 bridgehead atoms. The van der Waals surface area contributed by atoms with Gasteiger partial charge in [0, 0.05) is 43.5 Å². The molecule has 1 aromatic carbocycles. The number of benzene rings is 1. The summed E-state index contributed by atoms with van der Waals surface area (Å²) in [6, 6.07) is 9.63. The Morgan fingerprint density at radius 2 is 1.93 bits per heavy atom. The molecule has 29 heavy (non-hydrogen) atoms. The van der Waals surface area contributed by atoms with Crippen LogP contribution in [0.3, 0.4) is 0 Å². The van der Waals surface area contributed by atoms with E-state index in [2.05, 4.69) is 23.2 Å². The number of methoxy groups -OCH3 is 2. The molecule has 0 radical (unpaired) electrons. The molecular weight excluding hydrogens is 368 g/mol. The fraction of sp³-hybridized carbons (Fsp3) is 0.364. The summed E-state index contributed by atoms with van der Waals surface area (Å²) in [5, 5.41) is 3.45. The van der Waals surface area contributed by atoms with Crippen LogP contribution in [-0.2, 0) is 0 Å². The summed E-state index contributed by atoms with van der Waals surface area (Å²) in [7, 11) is 3.19. The number of ether oxygens (including phenoxy) is 2. The Balaban J connectivity index is 1.79. The van der Waals surface area contributed by atoms with Gasteiger partial charge in [0.05, 0.1) is 25.6 Å². The smallest absolute Gasteiger partial charge is 0.258 e. The first-order chi connectivity index (χ1) is 14.0. The fourth-order valence-electron chi connectivity index (χ4n) is 3.83. The van der Waals surface area contributed by atoms with Gasteiger partial charge in [0.15, 0.2) is 11.5 Å². The highest BCUT2D eigenvalue weighted by Crippen LogP contribution is 2.31. The molecule has 1 N–H and O–H groups in total. The number of aryl methyl sites for hydroxylation is 1. The van der Waals surface area contributed by atoms with Crippen molar-refractivity contribution in [1.29, 1.82) is 0 Å².